The minimum Gasteiger partial charge on any atom is -0.311 e. The minimum absolute atomic E-state index is 0.661. The number of nitrogens with zero attached hydrogens (tertiary/aromatic N) is 1. The van der Waals surface area contributed by atoms with Gasteiger partial charge in [0, 0.05) is 31.2 Å². The molecular formula is C20H32N2. The lowest BCUT2D eigenvalue weighted by molar-refractivity contribution is 0.0516. The van der Waals surface area contributed by atoms with Gasteiger partial charge >= 0.3 is 0 Å². The van der Waals surface area contributed by atoms with Gasteiger partial charge in [-0.25, -0.2) is 0 Å². The Kier molecular flexibility index (Phi) is 5.54. The van der Waals surface area contributed by atoms with Crippen LogP contribution in [0.3, 0.4) is 0 Å². The molecule has 1 aliphatic heterocycles. The van der Waals surface area contributed by atoms with Gasteiger partial charge in [-0.2, -0.15) is 0 Å². The zero-order chi connectivity index (χ0) is 15.4. The maximum atomic E-state index is 3.82. The molecule has 122 valence electrons. The maximum absolute atomic E-state index is 3.82. The Morgan fingerprint density at radius 1 is 1.09 bits per heavy atom. The molecule has 2 aliphatic rings. The van der Waals surface area contributed by atoms with E-state index in [0.717, 1.165) is 18.5 Å². The van der Waals surface area contributed by atoms with Crippen LogP contribution in [-0.2, 0) is 6.42 Å². The van der Waals surface area contributed by atoms with Crippen LogP contribution >= 0.6 is 0 Å². The van der Waals surface area contributed by atoms with Crippen molar-refractivity contribution >= 4 is 0 Å². The fraction of sp³-hybridized carbons (Fsp3) is 0.700. The normalized spacial score (nSPS) is 28.1. The van der Waals surface area contributed by atoms with Crippen LogP contribution in [0.15, 0.2) is 30.3 Å². The first-order valence-corrected chi connectivity index (χ1v) is 9.27. The topological polar surface area (TPSA) is 15.3 Å². The number of piperazine rings is 1. The van der Waals surface area contributed by atoms with Gasteiger partial charge in [0.15, 0.2) is 0 Å². The van der Waals surface area contributed by atoms with E-state index in [4.69, 9.17) is 0 Å². The lowest BCUT2D eigenvalue weighted by Gasteiger charge is -2.47. The molecule has 0 radical (unpaired) electrons. The Labute approximate surface area is 136 Å². The van der Waals surface area contributed by atoms with Crippen LogP contribution in [-0.4, -0.2) is 36.1 Å². The molecule has 2 unspecified atom stereocenters. The van der Waals surface area contributed by atoms with E-state index in [9.17, 15) is 0 Å². The van der Waals surface area contributed by atoms with Crippen LogP contribution < -0.4 is 5.32 Å². The SMILES string of the molecule is CC(C)C1CN(C2CCCCC2)C(Cc2ccccc2)CN1. The van der Waals surface area contributed by atoms with Gasteiger partial charge in [0.2, 0.25) is 0 Å². The number of benzene rings is 1. The third kappa shape index (κ3) is 3.91. The maximum Gasteiger partial charge on any atom is 0.0264 e. The van der Waals surface area contributed by atoms with E-state index in [-0.39, 0.29) is 0 Å². The van der Waals surface area contributed by atoms with Crippen molar-refractivity contribution in [3.05, 3.63) is 35.9 Å². The van der Waals surface area contributed by atoms with Crippen molar-refractivity contribution in [1.29, 1.82) is 0 Å². The molecule has 2 atom stereocenters. The molecular weight excluding hydrogens is 268 g/mol. The van der Waals surface area contributed by atoms with Gasteiger partial charge in [0.05, 0.1) is 0 Å². The summed E-state index contributed by atoms with van der Waals surface area (Å²) in [5, 5.41) is 3.82. The number of hydrogen-bond donors (Lipinski definition) is 1. The molecule has 1 saturated carbocycles. The van der Waals surface area contributed by atoms with Gasteiger partial charge in [-0.1, -0.05) is 63.4 Å². The van der Waals surface area contributed by atoms with E-state index in [1.807, 2.05) is 0 Å². The second-order valence-corrected chi connectivity index (χ2v) is 7.59. The molecule has 1 aromatic carbocycles. The van der Waals surface area contributed by atoms with Crippen molar-refractivity contribution in [3.63, 3.8) is 0 Å². The molecule has 0 aromatic heterocycles. The summed E-state index contributed by atoms with van der Waals surface area (Å²) in [5.41, 5.74) is 1.48. The van der Waals surface area contributed by atoms with E-state index >= 15 is 0 Å². The van der Waals surface area contributed by atoms with E-state index < -0.39 is 0 Å². The lowest BCUT2D eigenvalue weighted by atomic mass is 9.89. The molecule has 0 amide bonds. The Balaban J connectivity index is 1.71. The summed E-state index contributed by atoms with van der Waals surface area (Å²) in [6.45, 7) is 7.09. The van der Waals surface area contributed by atoms with E-state index in [0.29, 0.717) is 12.1 Å². The highest BCUT2D eigenvalue weighted by Gasteiger charge is 2.34. The molecule has 1 aliphatic carbocycles. The van der Waals surface area contributed by atoms with Crippen LogP contribution in [0.5, 0.6) is 0 Å². The molecule has 3 rings (SSSR count). The standard InChI is InChI=1S/C20H32N2/c1-16(2)20-15-22(18-11-7-4-8-12-18)19(14-21-20)13-17-9-5-3-6-10-17/h3,5-6,9-10,16,18-21H,4,7-8,11-15H2,1-2H3. The second-order valence-electron chi connectivity index (χ2n) is 7.59. The van der Waals surface area contributed by atoms with Gasteiger partial charge in [0.25, 0.3) is 0 Å². The fourth-order valence-corrected chi connectivity index (χ4v) is 4.23. The van der Waals surface area contributed by atoms with E-state index in [1.165, 1.54) is 50.6 Å². The molecule has 1 heterocycles. The average molecular weight is 300 g/mol. The number of nitrogens with one attached hydrogen (secondary N) is 1. The smallest absolute Gasteiger partial charge is 0.0264 e. The van der Waals surface area contributed by atoms with Gasteiger partial charge in [-0.05, 0) is 30.7 Å². The molecule has 0 bridgehead atoms. The van der Waals surface area contributed by atoms with E-state index in [2.05, 4.69) is 54.4 Å². The first kappa shape index (κ1) is 16.0. The monoisotopic (exact) mass is 300 g/mol. The average Bonchev–Trinajstić information content (AvgIpc) is 2.57. The first-order chi connectivity index (χ1) is 10.7. The Bertz CT molecular complexity index is 436. The number of hydrogen-bond acceptors (Lipinski definition) is 2. The van der Waals surface area contributed by atoms with Crippen molar-refractivity contribution in [1.82, 2.24) is 10.2 Å². The third-order valence-corrected chi connectivity index (χ3v) is 5.65. The van der Waals surface area contributed by atoms with Gasteiger partial charge in [-0.15, -0.1) is 0 Å². The second kappa shape index (κ2) is 7.61. The zero-order valence-corrected chi connectivity index (χ0v) is 14.3. The van der Waals surface area contributed by atoms with Crippen molar-refractivity contribution < 1.29 is 0 Å². The Hall–Kier alpha value is -0.860. The van der Waals surface area contributed by atoms with Crippen LogP contribution in [0.1, 0.15) is 51.5 Å². The molecule has 22 heavy (non-hydrogen) atoms. The van der Waals surface area contributed by atoms with E-state index in [1.54, 1.807) is 0 Å². The molecule has 0 spiro atoms. The molecule has 1 aromatic rings. The zero-order valence-electron chi connectivity index (χ0n) is 14.3. The molecule has 2 nitrogen and oxygen atoms in total. The molecule has 2 fully saturated rings. The summed E-state index contributed by atoms with van der Waals surface area (Å²) in [5.74, 6) is 0.726. The Morgan fingerprint density at radius 3 is 2.50 bits per heavy atom. The predicted molar refractivity (Wildman–Crippen MR) is 94.1 cm³/mol. The van der Waals surface area contributed by atoms with Gasteiger partial charge in [-0.3, -0.25) is 4.90 Å². The summed E-state index contributed by atoms with van der Waals surface area (Å²) in [6.07, 6.45) is 8.32. The van der Waals surface area contributed by atoms with Crippen LogP contribution in [0.4, 0.5) is 0 Å². The third-order valence-electron chi connectivity index (χ3n) is 5.65. The van der Waals surface area contributed by atoms with Crippen LogP contribution in [0, 0.1) is 5.92 Å². The van der Waals surface area contributed by atoms with Crippen LogP contribution in [0.25, 0.3) is 0 Å². The summed E-state index contributed by atoms with van der Waals surface area (Å²) < 4.78 is 0. The fourth-order valence-electron chi connectivity index (χ4n) is 4.23. The van der Waals surface area contributed by atoms with Crippen molar-refractivity contribution in [2.45, 2.75) is 70.5 Å². The summed E-state index contributed by atoms with van der Waals surface area (Å²) in [6, 6.07) is 13.2. The largest absolute Gasteiger partial charge is 0.311 e. The summed E-state index contributed by atoms with van der Waals surface area (Å²) >= 11 is 0. The highest BCUT2D eigenvalue weighted by Crippen LogP contribution is 2.27. The van der Waals surface area contributed by atoms with Crippen molar-refractivity contribution in [2.75, 3.05) is 13.1 Å². The molecule has 1 N–H and O–H groups in total. The van der Waals surface area contributed by atoms with Gasteiger partial charge in [0.1, 0.15) is 0 Å². The van der Waals surface area contributed by atoms with Crippen molar-refractivity contribution in [2.24, 2.45) is 5.92 Å². The number of rotatable bonds is 4. The molecule has 1 saturated heterocycles. The highest BCUT2D eigenvalue weighted by molar-refractivity contribution is 5.16. The predicted octanol–water partition coefficient (Wildman–Crippen LogP) is 3.86. The van der Waals surface area contributed by atoms with Crippen molar-refractivity contribution in [3.8, 4) is 0 Å². The Morgan fingerprint density at radius 2 is 1.82 bits per heavy atom. The summed E-state index contributed by atoms with van der Waals surface area (Å²) in [4.78, 5) is 2.87. The first-order valence-electron chi connectivity index (χ1n) is 9.27. The van der Waals surface area contributed by atoms with Crippen LogP contribution in [0.2, 0.25) is 0 Å². The quantitative estimate of drug-likeness (QED) is 0.908. The molecule has 2 heteroatoms. The minimum atomic E-state index is 0.661. The summed E-state index contributed by atoms with van der Waals surface area (Å²) in [7, 11) is 0. The van der Waals surface area contributed by atoms with Gasteiger partial charge < -0.3 is 5.32 Å². The lowest BCUT2D eigenvalue weighted by Crippen LogP contribution is -2.61. The highest BCUT2D eigenvalue weighted by atomic mass is 15.3.